The third-order valence-electron chi connectivity index (χ3n) is 4.38. The number of halogens is 1. The maximum absolute atomic E-state index is 14.3. The molecule has 0 bridgehead atoms. The molecule has 3 atom stereocenters. The molecule has 0 unspecified atom stereocenters. The first-order valence-corrected chi connectivity index (χ1v) is 9.50. The van der Waals surface area contributed by atoms with Crippen molar-refractivity contribution in [1.29, 1.82) is 0 Å². The molecule has 0 amide bonds. The van der Waals surface area contributed by atoms with Crippen molar-refractivity contribution in [2.75, 3.05) is 6.61 Å². The molecular formula is C21H23FO3S. The zero-order chi connectivity index (χ0) is 18.5. The van der Waals surface area contributed by atoms with Crippen molar-refractivity contribution in [3.63, 3.8) is 0 Å². The molecular weight excluding hydrogens is 351 g/mol. The number of aliphatic hydroxyl groups is 2. The van der Waals surface area contributed by atoms with E-state index in [1.807, 2.05) is 18.2 Å². The van der Waals surface area contributed by atoms with Gasteiger partial charge in [-0.2, -0.15) is 0 Å². The molecule has 1 fully saturated rings. The highest BCUT2D eigenvalue weighted by molar-refractivity contribution is 7.19. The molecule has 1 aromatic carbocycles. The highest BCUT2D eigenvalue weighted by Crippen LogP contribution is 2.28. The van der Waals surface area contributed by atoms with E-state index in [0.29, 0.717) is 24.8 Å². The van der Waals surface area contributed by atoms with Crippen LogP contribution >= 0.6 is 11.3 Å². The summed E-state index contributed by atoms with van der Waals surface area (Å²) in [5, 5.41) is 20.1. The van der Waals surface area contributed by atoms with E-state index in [1.165, 1.54) is 10.8 Å². The lowest BCUT2D eigenvalue weighted by Crippen LogP contribution is -2.36. The lowest BCUT2D eigenvalue weighted by Gasteiger charge is -2.30. The Morgan fingerprint density at radius 3 is 2.92 bits per heavy atom. The van der Waals surface area contributed by atoms with Gasteiger partial charge in [0.1, 0.15) is 5.83 Å². The van der Waals surface area contributed by atoms with Gasteiger partial charge in [0, 0.05) is 28.8 Å². The van der Waals surface area contributed by atoms with Crippen molar-refractivity contribution < 1.29 is 19.3 Å². The normalized spacial score (nSPS) is 24.4. The number of ether oxygens (including phenoxy) is 1. The molecule has 0 saturated carbocycles. The molecule has 0 aliphatic carbocycles. The molecule has 138 valence electrons. The molecule has 0 radical (unpaired) electrons. The van der Waals surface area contributed by atoms with Gasteiger partial charge in [-0.3, -0.25) is 0 Å². The van der Waals surface area contributed by atoms with E-state index in [-0.39, 0.29) is 24.6 Å². The largest absolute Gasteiger partial charge is 0.394 e. The van der Waals surface area contributed by atoms with Gasteiger partial charge in [0.05, 0.1) is 24.9 Å². The fourth-order valence-corrected chi connectivity index (χ4v) is 4.17. The smallest absolute Gasteiger partial charge is 0.126 e. The van der Waals surface area contributed by atoms with Crippen LogP contribution in [-0.4, -0.2) is 35.1 Å². The summed E-state index contributed by atoms with van der Waals surface area (Å²) in [4.78, 5) is 1.08. The number of aliphatic hydroxyl groups excluding tert-OH is 2. The van der Waals surface area contributed by atoms with E-state index < -0.39 is 6.10 Å². The van der Waals surface area contributed by atoms with Crippen LogP contribution in [0.3, 0.4) is 0 Å². The first-order chi connectivity index (χ1) is 12.5. The maximum atomic E-state index is 14.3. The summed E-state index contributed by atoms with van der Waals surface area (Å²) in [6.07, 6.45) is 4.81. The zero-order valence-corrected chi connectivity index (χ0v) is 15.3. The number of benzene rings is 1. The Morgan fingerprint density at radius 1 is 1.35 bits per heavy atom. The van der Waals surface area contributed by atoms with Gasteiger partial charge < -0.3 is 14.9 Å². The molecule has 26 heavy (non-hydrogen) atoms. The number of thiophene rings is 1. The molecule has 3 rings (SSSR count). The number of hydrogen-bond acceptors (Lipinski definition) is 4. The number of rotatable bonds is 6. The van der Waals surface area contributed by atoms with Crippen LogP contribution in [0, 0.1) is 0 Å². The SMILES string of the molecule is C=C(Cc1cc2ccccc2s1)/C(F)=C\C=C\[C@H]1C[C@@H](O)C[C@@H](CO)O1. The van der Waals surface area contributed by atoms with Crippen molar-refractivity contribution in [3.8, 4) is 0 Å². The number of hydrogen-bond donors (Lipinski definition) is 2. The molecule has 5 heteroatoms. The third-order valence-corrected chi connectivity index (χ3v) is 5.50. The van der Waals surface area contributed by atoms with Crippen LogP contribution in [0.2, 0.25) is 0 Å². The Labute approximate surface area is 156 Å². The first kappa shape index (κ1) is 19.0. The Kier molecular flexibility index (Phi) is 6.38. The van der Waals surface area contributed by atoms with E-state index in [4.69, 9.17) is 9.84 Å². The van der Waals surface area contributed by atoms with Crippen LogP contribution in [0.15, 0.2) is 66.5 Å². The van der Waals surface area contributed by atoms with E-state index in [0.717, 1.165) is 10.3 Å². The van der Waals surface area contributed by atoms with Crippen molar-refractivity contribution in [2.45, 2.75) is 37.6 Å². The summed E-state index contributed by atoms with van der Waals surface area (Å²) in [6, 6.07) is 10.2. The minimum atomic E-state index is -0.507. The van der Waals surface area contributed by atoms with Gasteiger partial charge in [0.25, 0.3) is 0 Å². The summed E-state index contributed by atoms with van der Waals surface area (Å²) in [5.74, 6) is -0.367. The average Bonchev–Trinajstić information content (AvgIpc) is 3.03. The second-order valence-electron chi connectivity index (χ2n) is 6.53. The fourth-order valence-electron chi connectivity index (χ4n) is 3.07. The third kappa shape index (κ3) is 4.89. The van der Waals surface area contributed by atoms with Crippen molar-refractivity contribution in [3.05, 3.63) is 71.4 Å². The molecule has 2 aromatic rings. The summed E-state index contributed by atoms with van der Waals surface area (Å²) >= 11 is 1.65. The average molecular weight is 374 g/mol. The lowest BCUT2D eigenvalue weighted by molar-refractivity contribution is -0.0935. The standard InChI is InChI=1S/C21H23FO3S/c1-14(9-19-10-15-5-2-3-8-21(15)26-19)20(22)7-4-6-17-11-16(24)12-18(13-23)25-17/h2-8,10,16-18,23-24H,1,9,11-13H2/b6-4+,20-7+/t16-,17+,18+/m1/s1. The predicted octanol–water partition coefficient (Wildman–Crippen LogP) is 4.31. The predicted molar refractivity (Wildman–Crippen MR) is 104 cm³/mol. The van der Waals surface area contributed by atoms with Gasteiger partial charge in [-0.1, -0.05) is 36.9 Å². The molecule has 1 aliphatic heterocycles. The Morgan fingerprint density at radius 2 is 2.15 bits per heavy atom. The van der Waals surface area contributed by atoms with Crippen LogP contribution in [0.1, 0.15) is 17.7 Å². The van der Waals surface area contributed by atoms with Gasteiger partial charge in [-0.15, -0.1) is 11.3 Å². The maximum Gasteiger partial charge on any atom is 0.126 e. The Balaban J connectivity index is 1.58. The van der Waals surface area contributed by atoms with Gasteiger partial charge in [0.2, 0.25) is 0 Å². The van der Waals surface area contributed by atoms with Gasteiger partial charge >= 0.3 is 0 Å². The first-order valence-electron chi connectivity index (χ1n) is 8.69. The second kappa shape index (κ2) is 8.73. The minimum Gasteiger partial charge on any atom is -0.394 e. The van der Waals surface area contributed by atoms with E-state index in [9.17, 15) is 9.50 Å². The molecule has 2 heterocycles. The summed E-state index contributed by atoms with van der Waals surface area (Å²) < 4.78 is 21.1. The van der Waals surface area contributed by atoms with Crippen LogP contribution in [0.5, 0.6) is 0 Å². The molecule has 1 aliphatic rings. The number of fused-ring (bicyclic) bond motifs is 1. The summed E-state index contributed by atoms with van der Waals surface area (Å²) in [6.45, 7) is 3.72. The van der Waals surface area contributed by atoms with Crippen molar-refractivity contribution >= 4 is 21.4 Å². The minimum absolute atomic E-state index is 0.127. The molecule has 1 saturated heterocycles. The van der Waals surface area contributed by atoms with Crippen LogP contribution in [0.25, 0.3) is 10.1 Å². The molecule has 3 nitrogen and oxygen atoms in total. The monoisotopic (exact) mass is 374 g/mol. The molecule has 0 spiro atoms. The van der Waals surface area contributed by atoms with Crippen LogP contribution in [-0.2, 0) is 11.2 Å². The van der Waals surface area contributed by atoms with Crippen molar-refractivity contribution in [2.24, 2.45) is 0 Å². The summed E-state index contributed by atoms with van der Waals surface area (Å²) in [7, 11) is 0. The van der Waals surface area contributed by atoms with E-state index in [1.54, 1.807) is 23.5 Å². The van der Waals surface area contributed by atoms with Crippen molar-refractivity contribution in [1.82, 2.24) is 0 Å². The zero-order valence-electron chi connectivity index (χ0n) is 14.5. The number of allylic oxidation sites excluding steroid dienone is 4. The van der Waals surface area contributed by atoms with Crippen LogP contribution in [0.4, 0.5) is 4.39 Å². The quantitative estimate of drug-likeness (QED) is 0.741. The Bertz CT molecular complexity index is 791. The fraction of sp³-hybridized carbons (Fsp3) is 0.333. The van der Waals surface area contributed by atoms with E-state index >= 15 is 0 Å². The molecule has 1 aromatic heterocycles. The van der Waals surface area contributed by atoms with E-state index in [2.05, 4.69) is 18.7 Å². The van der Waals surface area contributed by atoms with Crippen LogP contribution < -0.4 is 0 Å². The summed E-state index contributed by atoms with van der Waals surface area (Å²) in [5.41, 5.74) is 0.430. The lowest BCUT2D eigenvalue weighted by atomic mass is 10.0. The second-order valence-corrected chi connectivity index (χ2v) is 7.70. The molecule has 2 N–H and O–H groups in total. The highest BCUT2D eigenvalue weighted by Gasteiger charge is 2.26. The van der Waals surface area contributed by atoms with Gasteiger partial charge in [-0.25, -0.2) is 4.39 Å². The highest BCUT2D eigenvalue weighted by atomic mass is 32.1. The van der Waals surface area contributed by atoms with Gasteiger partial charge in [-0.05, 0) is 29.2 Å². The Hall–Kier alpha value is -1.79. The van der Waals surface area contributed by atoms with Gasteiger partial charge in [0.15, 0.2) is 0 Å². The topological polar surface area (TPSA) is 49.7 Å².